The van der Waals surface area contributed by atoms with Gasteiger partial charge in [-0.3, -0.25) is 9.59 Å². The Labute approximate surface area is 345 Å². The van der Waals surface area contributed by atoms with Crippen LogP contribution in [0.5, 0.6) is 0 Å². The molecule has 6 aromatic carbocycles. The molecule has 0 aliphatic carbocycles. The molecule has 0 aromatic heterocycles. The Morgan fingerprint density at radius 1 is 0.414 bits per heavy atom. The summed E-state index contributed by atoms with van der Waals surface area (Å²) in [4.78, 5) is 27.1. The van der Waals surface area contributed by atoms with Crippen molar-refractivity contribution in [1.29, 1.82) is 0 Å². The molecular weight excluding hydrogens is 717 g/mol. The summed E-state index contributed by atoms with van der Waals surface area (Å²) in [5.41, 5.74) is 18.8. The first-order chi connectivity index (χ1) is 27.9. The van der Waals surface area contributed by atoms with Gasteiger partial charge in [-0.25, -0.2) is 0 Å². The van der Waals surface area contributed by atoms with Gasteiger partial charge < -0.3 is 19.3 Å². The van der Waals surface area contributed by atoms with Crippen LogP contribution in [0.2, 0.25) is 0 Å². The lowest BCUT2D eigenvalue weighted by molar-refractivity contribution is -0.142. The molecule has 0 unspecified atom stereocenters. The molecule has 6 rings (SSSR count). The maximum absolute atomic E-state index is 11.2. The molecule has 298 valence electrons. The lowest BCUT2D eigenvalue weighted by Crippen LogP contribution is -2.12. The van der Waals surface area contributed by atoms with Crippen LogP contribution in [0, 0.1) is 41.5 Å². The summed E-state index contributed by atoms with van der Waals surface area (Å²) in [5.74, 6) is -0.477. The van der Waals surface area contributed by atoms with Crippen LogP contribution >= 0.6 is 0 Å². The molecule has 0 spiro atoms. The van der Waals surface area contributed by atoms with Gasteiger partial charge in [0.25, 0.3) is 0 Å². The number of aryl methyl sites for hydroxylation is 8. The Hall–Kier alpha value is -6.14. The van der Waals surface area contributed by atoms with E-state index >= 15 is 0 Å². The fourth-order valence-corrected chi connectivity index (χ4v) is 7.36. The van der Waals surface area contributed by atoms with Crippen molar-refractivity contribution in [2.45, 2.75) is 81.1 Å². The van der Waals surface area contributed by atoms with Gasteiger partial charge in [-0.05, 0) is 196 Å². The zero-order valence-electron chi connectivity index (χ0n) is 35.3. The second kappa shape index (κ2) is 18.9. The average Bonchev–Trinajstić information content (AvgIpc) is 3.20. The average molecular weight is 773 g/mol. The first kappa shape index (κ1) is 41.5. The number of hydrogen-bond acceptors (Lipinski definition) is 6. The van der Waals surface area contributed by atoms with Crippen LogP contribution in [0.3, 0.4) is 0 Å². The predicted molar refractivity (Wildman–Crippen MR) is 240 cm³/mol. The molecule has 0 bridgehead atoms. The van der Waals surface area contributed by atoms with E-state index < -0.39 is 0 Å². The molecule has 0 saturated heterocycles. The largest absolute Gasteiger partial charge is 0.466 e. The number of carbonyl (C=O) groups excluding carboxylic acids is 2. The third-order valence-corrected chi connectivity index (χ3v) is 10.9. The molecule has 6 nitrogen and oxygen atoms in total. The van der Waals surface area contributed by atoms with Gasteiger partial charge in [-0.1, -0.05) is 48.5 Å². The van der Waals surface area contributed by atoms with Gasteiger partial charge in [0.15, 0.2) is 0 Å². The molecule has 0 atom stereocenters. The molecule has 0 heterocycles. The fourth-order valence-electron chi connectivity index (χ4n) is 7.36. The van der Waals surface area contributed by atoms with Gasteiger partial charge >= 0.3 is 11.9 Å². The van der Waals surface area contributed by atoms with Crippen molar-refractivity contribution in [3.8, 4) is 11.1 Å². The van der Waals surface area contributed by atoms with E-state index in [-0.39, 0.29) is 11.9 Å². The number of carbonyl (C=O) groups is 2. The number of nitrogens with zero attached hydrogens (tertiary/aromatic N) is 2. The standard InChI is InChI=1S/C52H56N2O4/c1-35-13-21-49(33-37(35)3)53(47-23-15-43(16-24-47)11-9-29-57-41(7)55)51-27-19-45(31-39(51)5)46-20-28-52(40(6)32-46)54(50-22-14-36(2)38(4)34-50)48-25-17-44(18-26-48)12-10-30-58-42(8)56/h13-28,31-34H,9-12,29-30H2,1-8H3. The predicted octanol–water partition coefficient (Wildman–Crippen LogP) is 13.1. The molecule has 0 aliphatic rings. The van der Waals surface area contributed by atoms with Gasteiger partial charge in [-0.15, -0.1) is 0 Å². The summed E-state index contributed by atoms with van der Waals surface area (Å²) < 4.78 is 10.3. The SMILES string of the molecule is CC(=O)OCCCc1ccc(N(c2ccc(C)c(C)c2)c2ccc(-c3ccc(N(c4ccc(CCCOC(C)=O)cc4)c4ccc(C)c(C)c4)c(C)c3)cc2C)cc1. The molecule has 0 radical (unpaired) electrons. The summed E-state index contributed by atoms with van der Waals surface area (Å²) in [7, 11) is 0. The van der Waals surface area contributed by atoms with Crippen molar-refractivity contribution in [2.75, 3.05) is 23.0 Å². The van der Waals surface area contributed by atoms with Crippen molar-refractivity contribution in [3.63, 3.8) is 0 Å². The highest BCUT2D eigenvalue weighted by Crippen LogP contribution is 2.41. The molecule has 0 fully saturated rings. The highest BCUT2D eigenvalue weighted by Gasteiger charge is 2.19. The number of anilines is 6. The maximum Gasteiger partial charge on any atom is 0.302 e. The Bertz CT molecular complexity index is 2210. The van der Waals surface area contributed by atoms with Gasteiger partial charge in [0.2, 0.25) is 0 Å². The number of esters is 2. The molecule has 0 saturated carbocycles. The summed E-state index contributed by atoms with van der Waals surface area (Å²) in [6.07, 6.45) is 3.27. The zero-order valence-corrected chi connectivity index (χ0v) is 35.3. The number of benzene rings is 6. The summed E-state index contributed by atoms with van der Waals surface area (Å²) in [6, 6.07) is 44.3. The number of rotatable bonds is 15. The maximum atomic E-state index is 11.2. The first-order valence-corrected chi connectivity index (χ1v) is 20.3. The Morgan fingerprint density at radius 2 is 0.776 bits per heavy atom. The number of hydrogen-bond donors (Lipinski definition) is 0. The van der Waals surface area contributed by atoms with E-state index in [4.69, 9.17) is 9.47 Å². The summed E-state index contributed by atoms with van der Waals surface area (Å²) >= 11 is 0. The normalized spacial score (nSPS) is 11.0. The van der Waals surface area contributed by atoms with Crippen molar-refractivity contribution in [1.82, 2.24) is 0 Å². The third kappa shape index (κ3) is 10.2. The van der Waals surface area contributed by atoms with E-state index in [2.05, 4.69) is 173 Å². The van der Waals surface area contributed by atoms with Crippen molar-refractivity contribution in [2.24, 2.45) is 0 Å². The van der Waals surface area contributed by atoms with E-state index in [1.54, 1.807) is 0 Å². The minimum atomic E-state index is -0.239. The smallest absolute Gasteiger partial charge is 0.302 e. The second-order valence-electron chi connectivity index (χ2n) is 15.4. The van der Waals surface area contributed by atoms with Gasteiger partial charge in [-0.2, -0.15) is 0 Å². The Morgan fingerprint density at radius 3 is 1.10 bits per heavy atom. The van der Waals surface area contributed by atoms with Crippen molar-refractivity contribution in [3.05, 3.63) is 166 Å². The Kier molecular flexibility index (Phi) is 13.5. The zero-order chi connectivity index (χ0) is 41.3. The van der Waals surface area contributed by atoms with Gasteiger partial charge in [0.1, 0.15) is 0 Å². The summed E-state index contributed by atoms with van der Waals surface area (Å²) in [5, 5.41) is 0. The van der Waals surface area contributed by atoms with Crippen LogP contribution in [-0.4, -0.2) is 25.2 Å². The first-order valence-electron chi connectivity index (χ1n) is 20.3. The highest BCUT2D eigenvalue weighted by atomic mass is 16.5. The monoisotopic (exact) mass is 772 g/mol. The topological polar surface area (TPSA) is 59.1 Å². The van der Waals surface area contributed by atoms with E-state index in [9.17, 15) is 9.59 Å². The number of ether oxygens (including phenoxy) is 2. The van der Waals surface area contributed by atoms with Gasteiger partial charge in [0, 0.05) is 48.0 Å². The van der Waals surface area contributed by atoms with Crippen LogP contribution in [0.4, 0.5) is 34.1 Å². The van der Waals surface area contributed by atoms with Crippen molar-refractivity contribution >= 4 is 46.1 Å². The van der Waals surface area contributed by atoms with Crippen LogP contribution in [0.1, 0.15) is 71.2 Å². The quantitative estimate of drug-likeness (QED) is 0.0765. The van der Waals surface area contributed by atoms with E-state index in [0.717, 1.165) is 70.9 Å². The van der Waals surface area contributed by atoms with E-state index in [1.165, 1.54) is 58.4 Å². The molecule has 0 aliphatic heterocycles. The third-order valence-electron chi connectivity index (χ3n) is 10.9. The molecule has 0 amide bonds. The summed E-state index contributed by atoms with van der Waals surface area (Å²) in [6.45, 7) is 16.8. The lowest BCUT2D eigenvalue weighted by atomic mass is 9.98. The molecule has 58 heavy (non-hydrogen) atoms. The highest BCUT2D eigenvalue weighted by molar-refractivity contribution is 5.84. The van der Waals surface area contributed by atoms with Crippen LogP contribution in [-0.2, 0) is 31.9 Å². The molecule has 6 aromatic rings. The molecule has 6 heteroatoms. The van der Waals surface area contributed by atoms with E-state index in [1.807, 2.05) is 0 Å². The van der Waals surface area contributed by atoms with Crippen molar-refractivity contribution < 1.29 is 19.1 Å². The second-order valence-corrected chi connectivity index (χ2v) is 15.4. The molecular formula is C52H56N2O4. The lowest BCUT2D eigenvalue weighted by Gasteiger charge is -2.29. The fraction of sp³-hybridized carbons (Fsp3) is 0.269. The van der Waals surface area contributed by atoms with Crippen LogP contribution in [0.15, 0.2) is 121 Å². The van der Waals surface area contributed by atoms with Crippen LogP contribution < -0.4 is 9.80 Å². The Balaban J connectivity index is 1.30. The van der Waals surface area contributed by atoms with E-state index in [0.29, 0.717) is 13.2 Å². The van der Waals surface area contributed by atoms with Crippen LogP contribution in [0.25, 0.3) is 11.1 Å². The molecule has 0 N–H and O–H groups in total. The minimum absolute atomic E-state index is 0.239. The van der Waals surface area contributed by atoms with Gasteiger partial charge in [0.05, 0.1) is 13.2 Å². The minimum Gasteiger partial charge on any atom is -0.466 e.